The van der Waals surface area contributed by atoms with Gasteiger partial charge in [0.1, 0.15) is 0 Å². The number of halogens is 1. The van der Waals surface area contributed by atoms with Gasteiger partial charge in [-0.15, -0.1) is 12.4 Å². The zero-order valence-electron chi connectivity index (χ0n) is 14.8. The number of carbonyl (C=O) groups is 2. The average molecular weight is 405 g/mol. The number of amides is 2. The number of nitrogens with zero attached hydrogens (tertiary/aromatic N) is 1. The fourth-order valence-corrected chi connectivity index (χ4v) is 3.81. The summed E-state index contributed by atoms with van der Waals surface area (Å²) in [4.78, 5) is 25.2. The predicted octanol–water partition coefficient (Wildman–Crippen LogP) is 0.556. The maximum absolute atomic E-state index is 12.5. The molecule has 0 saturated carbocycles. The van der Waals surface area contributed by atoms with Crippen LogP contribution in [0.25, 0.3) is 0 Å². The Morgan fingerprint density at radius 3 is 2.42 bits per heavy atom. The number of benzene rings is 1. The molecule has 1 aliphatic rings. The molecule has 3 N–H and O–H groups in total. The van der Waals surface area contributed by atoms with Crippen LogP contribution in [0.5, 0.6) is 0 Å². The molecule has 1 heterocycles. The Morgan fingerprint density at radius 1 is 1.15 bits per heavy atom. The van der Waals surface area contributed by atoms with Gasteiger partial charge in [0.05, 0.1) is 10.9 Å². The van der Waals surface area contributed by atoms with E-state index in [0.29, 0.717) is 25.3 Å². The molecule has 1 aromatic carbocycles. The predicted molar refractivity (Wildman–Crippen MR) is 102 cm³/mol. The first-order valence-electron chi connectivity index (χ1n) is 8.19. The Kier molecular flexibility index (Phi) is 8.48. The molecule has 0 aromatic heterocycles. The summed E-state index contributed by atoms with van der Waals surface area (Å²) in [6, 6.07) is 4.94. The van der Waals surface area contributed by atoms with Gasteiger partial charge in [-0.25, -0.2) is 8.42 Å². The zero-order valence-corrected chi connectivity index (χ0v) is 16.5. The standard InChI is InChI=1S/C16H24N4O4S.ClH/c1-12(16(22)20-10-3-8-17-9-11-20)19-25(23,24)15-6-4-14(5-7-15)18-13(2)21;/h4-7,12,17,19H,3,8-11H2,1-2H3,(H,18,21);1H. The van der Waals surface area contributed by atoms with Crippen LogP contribution >= 0.6 is 12.4 Å². The van der Waals surface area contributed by atoms with Crippen molar-refractivity contribution in [1.29, 1.82) is 0 Å². The molecule has 2 rings (SSSR count). The first-order valence-corrected chi connectivity index (χ1v) is 9.67. The second-order valence-electron chi connectivity index (χ2n) is 5.98. The van der Waals surface area contributed by atoms with Crippen molar-refractivity contribution in [2.75, 3.05) is 31.5 Å². The Balaban J connectivity index is 0.00000338. The van der Waals surface area contributed by atoms with Crippen LogP contribution in [0.1, 0.15) is 20.3 Å². The minimum absolute atomic E-state index is 0. The number of anilines is 1. The minimum atomic E-state index is -3.82. The van der Waals surface area contributed by atoms with Gasteiger partial charge in [-0.3, -0.25) is 9.59 Å². The van der Waals surface area contributed by atoms with E-state index in [4.69, 9.17) is 0 Å². The van der Waals surface area contributed by atoms with Crippen molar-refractivity contribution in [2.24, 2.45) is 0 Å². The summed E-state index contributed by atoms with van der Waals surface area (Å²) in [5, 5.41) is 5.77. The number of nitrogens with one attached hydrogen (secondary N) is 3. The van der Waals surface area contributed by atoms with Crippen molar-refractivity contribution >= 4 is 39.9 Å². The molecule has 1 atom stereocenters. The highest BCUT2D eigenvalue weighted by molar-refractivity contribution is 7.89. The van der Waals surface area contributed by atoms with E-state index in [2.05, 4.69) is 15.4 Å². The molecule has 0 bridgehead atoms. The number of hydrogen-bond acceptors (Lipinski definition) is 5. The summed E-state index contributed by atoms with van der Waals surface area (Å²) in [7, 11) is -3.82. The lowest BCUT2D eigenvalue weighted by Gasteiger charge is -2.24. The first-order chi connectivity index (χ1) is 11.8. The lowest BCUT2D eigenvalue weighted by molar-refractivity contribution is -0.132. The third-order valence-electron chi connectivity index (χ3n) is 3.84. The molecule has 2 amide bonds. The minimum Gasteiger partial charge on any atom is -0.340 e. The third kappa shape index (κ3) is 6.24. The van der Waals surface area contributed by atoms with Crippen LogP contribution in [-0.4, -0.2) is 57.4 Å². The SMILES string of the molecule is CC(=O)Nc1ccc(S(=O)(=O)NC(C)C(=O)N2CCCNCC2)cc1.Cl. The van der Waals surface area contributed by atoms with E-state index in [1.165, 1.54) is 31.2 Å². The fourth-order valence-electron chi connectivity index (χ4n) is 2.61. The van der Waals surface area contributed by atoms with Crippen molar-refractivity contribution in [3.05, 3.63) is 24.3 Å². The second-order valence-corrected chi connectivity index (χ2v) is 7.69. The molecule has 1 unspecified atom stereocenters. The third-order valence-corrected chi connectivity index (χ3v) is 5.40. The molecule has 1 saturated heterocycles. The molecular formula is C16H25ClN4O4S. The van der Waals surface area contributed by atoms with E-state index in [1.54, 1.807) is 11.8 Å². The van der Waals surface area contributed by atoms with Crippen LogP contribution in [0, 0.1) is 0 Å². The molecular weight excluding hydrogens is 380 g/mol. The van der Waals surface area contributed by atoms with Crippen LogP contribution in [0.4, 0.5) is 5.69 Å². The summed E-state index contributed by atoms with van der Waals surface area (Å²) < 4.78 is 27.3. The van der Waals surface area contributed by atoms with E-state index < -0.39 is 16.1 Å². The van der Waals surface area contributed by atoms with E-state index in [-0.39, 0.29) is 29.1 Å². The Labute approximate surface area is 160 Å². The van der Waals surface area contributed by atoms with Gasteiger partial charge in [-0.1, -0.05) is 0 Å². The normalized spacial score (nSPS) is 16.2. The van der Waals surface area contributed by atoms with E-state index >= 15 is 0 Å². The number of hydrogen-bond donors (Lipinski definition) is 3. The van der Waals surface area contributed by atoms with Crippen LogP contribution in [0.15, 0.2) is 29.2 Å². The summed E-state index contributed by atoms with van der Waals surface area (Å²) in [5.74, 6) is -0.470. The Morgan fingerprint density at radius 2 is 1.81 bits per heavy atom. The highest BCUT2D eigenvalue weighted by atomic mass is 35.5. The quantitative estimate of drug-likeness (QED) is 0.664. The molecule has 0 aliphatic carbocycles. The number of rotatable bonds is 5. The monoisotopic (exact) mass is 404 g/mol. The van der Waals surface area contributed by atoms with Crippen molar-refractivity contribution < 1.29 is 18.0 Å². The second kappa shape index (κ2) is 9.86. The molecule has 1 aromatic rings. The van der Waals surface area contributed by atoms with Gasteiger partial charge in [0, 0.05) is 32.2 Å². The number of carbonyl (C=O) groups excluding carboxylic acids is 2. The van der Waals surface area contributed by atoms with Gasteiger partial charge >= 0.3 is 0 Å². The molecule has 146 valence electrons. The van der Waals surface area contributed by atoms with Crippen LogP contribution in [0.3, 0.4) is 0 Å². The summed E-state index contributed by atoms with van der Waals surface area (Å²) >= 11 is 0. The fraction of sp³-hybridized carbons (Fsp3) is 0.500. The maximum Gasteiger partial charge on any atom is 0.241 e. The summed E-state index contributed by atoms with van der Waals surface area (Å²) in [6.45, 7) is 5.65. The van der Waals surface area contributed by atoms with Crippen molar-refractivity contribution in [2.45, 2.75) is 31.2 Å². The maximum atomic E-state index is 12.5. The van der Waals surface area contributed by atoms with E-state index in [1.807, 2.05) is 0 Å². The van der Waals surface area contributed by atoms with Gasteiger partial charge in [0.25, 0.3) is 0 Å². The Hall–Kier alpha value is -1.68. The Bertz CT molecular complexity index is 716. The summed E-state index contributed by atoms with van der Waals surface area (Å²) in [6.07, 6.45) is 0.843. The smallest absolute Gasteiger partial charge is 0.241 e. The van der Waals surface area contributed by atoms with Crippen molar-refractivity contribution in [3.8, 4) is 0 Å². The van der Waals surface area contributed by atoms with Gasteiger partial charge in [0.2, 0.25) is 21.8 Å². The van der Waals surface area contributed by atoms with Crippen LogP contribution in [0.2, 0.25) is 0 Å². The van der Waals surface area contributed by atoms with Gasteiger partial charge in [-0.05, 0) is 44.2 Å². The van der Waals surface area contributed by atoms with Crippen LogP contribution in [-0.2, 0) is 19.6 Å². The highest BCUT2D eigenvalue weighted by Gasteiger charge is 2.26. The molecule has 0 spiro atoms. The lowest BCUT2D eigenvalue weighted by Crippen LogP contribution is -2.47. The van der Waals surface area contributed by atoms with Gasteiger partial charge < -0.3 is 15.5 Å². The highest BCUT2D eigenvalue weighted by Crippen LogP contribution is 2.14. The van der Waals surface area contributed by atoms with Crippen molar-refractivity contribution in [3.63, 3.8) is 0 Å². The topological polar surface area (TPSA) is 108 Å². The van der Waals surface area contributed by atoms with Gasteiger partial charge in [0.15, 0.2) is 0 Å². The molecule has 10 heteroatoms. The van der Waals surface area contributed by atoms with Crippen molar-refractivity contribution in [1.82, 2.24) is 14.9 Å². The largest absolute Gasteiger partial charge is 0.340 e. The summed E-state index contributed by atoms with van der Waals surface area (Å²) in [5.41, 5.74) is 0.507. The molecule has 1 fully saturated rings. The van der Waals surface area contributed by atoms with E-state index in [0.717, 1.165) is 13.0 Å². The molecule has 0 radical (unpaired) electrons. The van der Waals surface area contributed by atoms with Gasteiger partial charge in [-0.2, -0.15) is 4.72 Å². The van der Waals surface area contributed by atoms with Crippen LogP contribution < -0.4 is 15.4 Å². The molecule has 1 aliphatic heterocycles. The molecule has 26 heavy (non-hydrogen) atoms. The first kappa shape index (κ1) is 22.4. The number of sulfonamides is 1. The average Bonchev–Trinajstić information content (AvgIpc) is 2.83. The molecule has 8 nitrogen and oxygen atoms in total. The zero-order chi connectivity index (χ0) is 18.4. The lowest BCUT2D eigenvalue weighted by atomic mass is 10.3. The van der Waals surface area contributed by atoms with E-state index in [9.17, 15) is 18.0 Å².